The molecule has 0 bridgehead atoms. The largest absolute Gasteiger partial charge is 0.389 e. The minimum absolute atomic E-state index is 0.117. The normalized spacial score (nSPS) is 9.45. The first-order valence-corrected chi connectivity index (χ1v) is 3.16. The van der Waals surface area contributed by atoms with Gasteiger partial charge in [-0.15, -0.1) is 0 Å². The quantitative estimate of drug-likeness (QED) is 0.469. The van der Waals surface area contributed by atoms with Crippen LogP contribution in [0.15, 0.2) is 11.0 Å². The van der Waals surface area contributed by atoms with Gasteiger partial charge in [0, 0.05) is 6.20 Å². The van der Waals surface area contributed by atoms with Crippen LogP contribution in [-0.2, 0) is 0 Å². The first kappa shape index (κ1) is 7.67. The van der Waals surface area contributed by atoms with Crippen LogP contribution < -0.4 is 17.2 Å². The lowest BCUT2D eigenvalue weighted by atomic mass is 10.3. The second-order valence-electron chi connectivity index (χ2n) is 1.88. The van der Waals surface area contributed by atoms with Crippen molar-refractivity contribution in [3.05, 3.63) is 22.2 Å². The fraction of sp³-hybridized carbons (Fsp3) is 0. The topological polar surface area (TPSA) is 97.8 Å². The van der Waals surface area contributed by atoms with E-state index in [0.717, 1.165) is 0 Å². The molecule has 5 N–H and O–H groups in total. The summed E-state index contributed by atoms with van der Waals surface area (Å²) in [4.78, 5) is 16.3. The molecule has 1 rings (SSSR count). The summed E-state index contributed by atoms with van der Waals surface area (Å²) in [5.74, 6) is 0.150. The van der Waals surface area contributed by atoms with Gasteiger partial charge in [0.1, 0.15) is 10.8 Å². The van der Waals surface area contributed by atoms with E-state index in [1.165, 1.54) is 6.20 Å². The summed E-state index contributed by atoms with van der Waals surface area (Å²) in [7, 11) is 0. The first-order valence-electron chi connectivity index (χ1n) is 2.76. The van der Waals surface area contributed by atoms with Crippen molar-refractivity contribution < 1.29 is 0 Å². The lowest BCUT2D eigenvalue weighted by Crippen LogP contribution is -2.19. The Kier molecular flexibility index (Phi) is 1.86. The van der Waals surface area contributed by atoms with Crippen LogP contribution in [0.25, 0.3) is 0 Å². The summed E-state index contributed by atoms with van der Waals surface area (Å²) in [6.45, 7) is 0. The zero-order chi connectivity index (χ0) is 8.43. The molecule has 1 aromatic rings. The Morgan fingerprint density at radius 1 is 1.73 bits per heavy atom. The third-order valence-electron chi connectivity index (χ3n) is 1.11. The molecule has 0 unspecified atom stereocenters. The molecule has 1 heterocycles. The lowest BCUT2D eigenvalue weighted by Gasteiger charge is -1.99. The maximum absolute atomic E-state index is 10.5. The Morgan fingerprint density at radius 3 is 2.82 bits per heavy atom. The average molecular weight is 170 g/mol. The molecule has 5 nitrogen and oxygen atoms in total. The molecular formula is C5H6N4OS. The zero-order valence-corrected chi connectivity index (χ0v) is 6.31. The van der Waals surface area contributed by atoms with Gasteiger partial charge in [0.15, 0.2) is 0 Å². The molecular weight excluding hydrogens is 164 g/mol. The molecule has 6 heteroatoms. The van der Waals surface area contributed by atoms with Gasteiger partial charge >= 0.3 is 5.69 Å². The van der Waals surface area contributed by atoms with Gasteiger partial charge in [-0.2, -0.15) is 0 Å². The summed E-state index contributed by atoms with van der Waals surface area (Å²) >= 11 is 4.63. The average Bonchev–Trinajstić information content (AvgIpc) is 1.85. The summed E-state index contributed by atoms with van der Waals surface area (Å²) < 4.78 is 0. The van der Waals surface area contributed by atoms with E-state index in [-0.39, 0.29) is 10.8 Å². The number of H-pyrrole nitrogens is 1. The van der Waals surface area contributed by atoms with E-state index in [4.69, 9.17) is 11.5 Å². The Hall–Kier alpha value is -1.43. The number of aromatic nitrogens is 2. The molecule has 0 aliphatic heterocycles. The molecule has 0 amide bonds. The molecule has 0 radical (unpaired) electrons. The number of nitrogens with zero attached hydrogens (tertiary/aromatic N) is 1. The van der Waals surface area contributed by atoms with E-state index in [2.05, 4.69) is 22.2 Å². The van der Waals surface area contributed by atoms with Gasteiger partial charge in [-0.1, -0.05) is 12.2 Å². The summed E-state index contributed by atoms with van der Waals surface area (Å²) in [5, 5.41) is 0. The molecule has 0 aliphatic carbocycles. The number of rotatable bonds is 1. The molecule has 0 spiro atoms. The number of nitrogens with two attached hydrogens (primary N) is 2. The van der Waals surface area contributed by atoms with Gasteiger partial charge in [0.2, 0.25) is 0 Å². The Bertz CT molecular complexity index is 345. The monoisotopic (exact) mass is 170 g/mol. The van der Waals surface area contributed by atoms with Crippen LogP contribution in [0.1, 0.15) is 5.56 Å². The maximum atomic E-state index is 10.5. The van der Waals surface area contributed by atoms with Gasteiger partial charge in [-0.3, -0.25) is 4.98 Å². The number of anilines is 1. The van der Waals surface area contributed by atoms with Gasteiger partial charge in [0.25, 0.3) is 0 Å². The summed E-state index contributed by atoms with van der Waals surface area (Å²) in [5.41, 5.74) is 10.5. The van der Waals surface area contributed by atoms with Crippen molar-refractivity contribution in [3.8, 4) is 0 Å². The van der Waals surface area contributed by atoms with Crippen LogP contribution >= 0.6 is 12.2 Å². The van der Waals surface area contributed by atoms with Crippen molar-refractivity contribution in [2.75, 3.05) is 5.73 Å². The minimum Gasteiger partial charge on any atom is -0.389 e. The number of thiocarbonyl (C=S) groups is 1. The molecule has 0 saturated heterocycles. The highest BCUT2D eigenvalue weighted by Gasteiger charge is 2.01. The number of aromatic amines is 1. The molecule has 58 valence electrons. The van der Waals surface area contributed by atoms with Gasteiger partial charge in [-0.25, -0.2) is 9.78 Å². The van der Waals surface area contributed by atoms with E-state index in [1.54, 1.807) is 0 Å². The maximum Gasteiger partial charge on any atom is 0.346 e. The molecule has 11 heavy (non-hydrogen) atoms. The van der Waals surface area contributed by atoms with Crippen molar-refractivity contribution in [2.45, 2.75) is 0 Å². The van der Waals surface area contributed by atoms with Gasteiger partial charge < -0.3 is 11.5 Å². The predicted molar refractivity (Wildman–Crippen MR) is 45.2 cm³/mol. The van der Waals surface area contributed by atoms with E-state index >= 15 is 0 Å². The highest BCUT2D eigenvalue weighted by Crippen LogP contribution is 2.01. The third-order valence-corrected chi connectivity index (χ3v) is 1.33. The molecule has 0 aromatic carbocycles. The Labute approximate surface area is 67.4 Å². The molecule has 0 fully saturated rings. The van der Waals surface area contributed by atoms with E-state index in [9.17, 15) is 4.79 Å². The fourth-order valence-electron chi connectivity index (χ4n) is 0.604. The molecule has 0 atom stereocenters. The second-order valence-corrected chi connectivity index (χ2v) is 2.32. The van der Waals surface area contributed by atoms with Crippen molar-refractivity contribution >= 4 is 23.0 Å². The second kappa shape index (κ2) is 2.67. The van der Waals surface area contributed by atoms with Crippen LogP contribution in [0.4, 0.5) is 5.82 Å². The van der Waals surface area contributed by atoms with Crippen LogP contribution in [0, 0.1) is 0 Å². The summed E-state index contributed by atoms with van der Waals surface area (Å²) in [6.07, 6.45) is 1.25. The van der Waals surface area contributed by atoms with E-state index in [1.807, 2.05) is 0 Å². The number of hydrogen-bond acceptors (Lipinski definition) is 4. The Morgan fingerprint density at radius 2 is 2.36 bits per heavy atom. The van der Waals surface area contributed by atoms with Gasteiger partial charge in [0.05, 0.1) is 5.56 Å². The lowest BCUT2D eigenvalue weighted by molar-refractivity contribution is 1.08. The smallest absolute Gasteiger partial charge is 0.346 e. The van der Waals surface area contributed by atoms with Crippen LogP contribution in [0.3, 0.4) is 0 Å². The predicted octanol–water partition coefficient (Wildman–Crippen LogP) is -1.01. The third kappa shape index (κ3) is 1.53. The standard InChI is InChI=1S/C5H6N4OS/c6-3-2(4(7)11)1-8-5(10)9-3/h1H,(H2,7,11)(H3,6,8,9,10). The number of hydrogen-bond donors (Lipinski definition) is 3. The van der Waals surface area contributed by atoms with Crippen molar-refractivity contribution in [2.24, 2.45) is 5.73 Å². The first-order chi connectivity index (χ1) is 5.11. The van der Waals surface area contributed by atoms with E-state index in [0.29, 0.717) is 5.56 Å². The van der Waals surface area contributed by atoms with Crippen molar-refractivity contribution in [1.82, 2.24) is 9.97 Å². The highest BCUT2D eigenvalue weighted by atomic mass is 32.1. The van der Waals surface area contributed by atoms with Crippen LogP contribution in [0.2, 0.25) is 0 Å². The fourth-order valence-corrected chi connectivity index (χ4v) is 0.767. The summed E-state index contributed by atoms with van der Waals surface area (Å²) in [6, 6.07) is 0. The Balaban J connectivity index is 3.31. The molecule has 1 aromatic heterocycles. The molecule has 0 aliphatic rings. The van der Waals surface area contributed by atoms with Crippen LogP contribution in [0.5, 0.6) is 0 Å². The van der Waals surface area contributed by atoms with Crippen molar-refractivity contribution in [1.29, 1.82) is 0 Å². The SMILES string of the molecule is NC(=S)c1cnc(=O)[nH]c1N. The molecule has 0 saturated carbocycles. The van der Waals surface area contributed by atoms with Crippen LogP contribution in [-0.4, -0.2) is 15.0 Å². The van der Waals surface area contributed by atoms with Gasteiger partial charge in [-0.05, 0) is 0 Å². The minimum atomic E-state index is -0.512. The van der Waals surface area contributed by atoms with Crippen molar-refractivity contribution in [3.63, 3.8) is 0 Å². The zero-order valence-electron chi connectivity index (χ0n) is 5.50. The number of nitrogen functional groups attached to an aromatic ring is 1. The highest BCUT2D eigenvalue weighted by molar-refractivity contribution is 7.80. The van der Waals surface area contributed by atoms with E-state index < -0.39 is 5.69 Å². The number of nitrogens with one attached hydrogen (secondary N) is 1.